The number of amides is 1. The minimum Gasteiger partial charge on any atom is -0.468 e. The van der Waals surface area contributed by atoms with Gasteiger partial charge in [-0.1, -0.05) is 6.07 Å². The number of carbonyl (C=O) groups is 1. The minimum absolute atomic E-state index is 0.0881. The molecule has 0 atom stereocenters. The van der Waals surface area contributed by atoms with E-state index >= 15 is 0 Å². The molecule has 0 saturated carbocycles. The molecule has 2 heterocycles. The van der Waals surface area contributed by atoms with Crippen molar-refractivity contribution in [3.05, 3.63) is 54.0 Å². The molecule has 134 valence electrons. The standard InChI is InChI=1S/C17H21N3O4S/c1-25(22,23)18-15-5-2-4-14(12-15)17(21)20-9-7-19(8-10-20)13-16-6-3-11-24-16/h2-6,11-12,18H,7-10,13H2,1H3. The third kappa shape index (κ3) is 4.83. The van der Waals surface area contributed by atoms with Crippen LogP contribution < -0.4 is 4.72 Å². The zero-order valence-corrected chi connectivity index (χ0v) is 14.8. The van der Waals surface area contributed by atoms with Crippen molar-refractivity contribution in [1.29, 1.82) is 0 Å². The van der Waals surface area contributed by atoms with Crippen molar-refractivity contribution in [2.75, 3.05) is 37.2 Å². The van der Waals surface area contributed by atoms with Crippen LogP contribution in [0.25, 0.3) is 0 Å². The highest BCUT2D eigenvalue weighted by atomic mass is 32.2. The second-order valence-corrected chi connectivity index (χ2v) is 7.85. The maximum absolute atomic E-state index is 12.7. The molecule has 1 aliphatic rings. The van der Waals surface area contributed by atoms with Gasteiger partial charge in [0.2, 0.25) is 10.0 Å². The predicted molar refractivity (Wildman–Crippen MR) is 94.8 cm³/mol. The molecule has 1 fully saturated rings. The van der Waals surface area contributed by atoms with Gasteiger partial charge in [-0.2, -0.15) is 0 Å². The van der Waals surface area contributed by atoms with Crippen LogP contribution in [0.15, 0.2) is 47.1 Å². The highest BCUT2D eigenvalue weighted by Crippen LogP contribution is 2.16. The van der Waals surface area contributed by atoms with Crippen LogP contribution in [0.5, 0.6) is 0 Å². The second kappa shape index (κ2) is 7.28. The van der Waals surface area contributed by atoms with Gasteiger partial charge >= 0.3 is 0 Å². The summed E-state index contributed by atoms with van der Waals surface area (Å²) in [4.78, 5) is 16.7. The number of carbonyl (C=O) groups excluding carboxylic acids is 1. The monoisotopic (exact) mass is 363 g/mol. The lowest BCUT2D eigenvalue weighted by Crippen LogP contribution is -2.48. The van der Waals surface area contributed by atoms with Crippen molar-refractivity contribution in [2.24, 2.45) is 0 Å². The Bertz CT molecular complexity index is 825. The number of sulfonamides is 1. The van der Waals surface area contributed by atoms with Gasteiger partial charge < -0.3 is 9.32 Å². The Balaban J connectivity index is 1.60. The SMILES string of the molecule is CS(=O)(=O)Nc1cccc(C(=O)N2CCN(Cc3ccco3)CC2)c1. The number of furan rings is 1. The first-order chi connectivity index (χ1) is 11.9. The summed E-state index contributed by atoms with van der Waals surface area (Å²) in [5.74, 6) is 0.828. The molecule has 0 aliphatic carbocycles. The summed E-state index contributed by atoms with van der Waals surface area (Å²) < 4.78 is 30.4. The summed E-state index contributed by atoms with van der Waals surface area (Å²) in [5, 5.41) is 0. The lowest BCUT2D eigenvalue weighted by molar-refractivity contribution is 0.0620. The molecule has 1 aliphatic heterocycles. The van der Waals surface area contributed by atoms with E-state index in [2.05, 4.69) is 9.62 Å². The number of rotatable bonds is 5. The Morgan fingerprint density at radius 3 is 2.56 bits per heavy atom. The summed E-state index contributed by atoms with van der Waals surface area (Å²) in [6, 6.07) is 10.4. The van der Waals surface area contributed by atoms with E-state index in [1.807, 2.05) is 12.1 Å². The van der Waals surface area contributed by atoms with Crippen molar-refractivity contribution in [2.45, 2.75) is 6.54 Å². The van der Waals surface area contributed by atoms with Gasteiger partial charge in [-0.05, 0) is 30.3 Å². The second-order valence-electron chi connectivity index (χ2n) is 6.10. The van der Waals surface area contributed by atoms with Crippen molar-refractivity contribution in [1.82, 2.24) is 9.80 Å². The summed E-state index contributed by atoms with van der Waals surface area (Å²) in [6.07, 6.45) is 2.74. The lowest BCUT2D eigenvalue weighted by Gasteiger charge is -2.34. The van der Waals surface area contributed by atoms with E-state index in [9.17, 15) is 13.2 Å². The summed E-state index contributed by atoms with van der Waals surface area (Å²) in [6.45, 7) is 3.54. The number of anilines is 1. The molecular formula is C17H21N3O4S. The van der Waals surface area contributed by atoms with Crippen LogP contribution in [0.2, 0.25) is 0 Å². The van der Waals surface area contributed by atoms with Crippen molar-refractivity contribution >= 4 is 21.6 Å². The number of piperazine rings is 1. The Morgan fingerprint density at radius 1 is 1.16 bits per heavy atom. The largest absolute Gasteiger partial charge is 0.468 e. The van der Waals surface area contributed by atoms with E-state index in [0.29, 0.717) is 24.3 Å². The fraction of sp³-hybridized carbons (Fsp3) is 0.353. The number of hydrogen-bond acceptors (Lipinski definition) is 5. The summed E-state index contributed by atoms with van der Waals surface area (Å²) in [5.41, 5.74) is 0.873. The van der Waals surface area contributed by atoms with Crippen LogP contribution in [-0.2, 0) is 16.6 Å². The first-order valence-electron chi connectivity index (χ1n) is 8.02. The highest BCUT2D eigenvalue weighted by Gasteiger charge is 2.22. The van der Waals surface area contributed by atoms with E-state index < -0.39 is 10.0 Å². The van der Waals surface area contributed by atoms with Gasteiger partial charge in [-0.3, -0.25) is 14.4 Å². The van der Waals surface area contributed by atoms with E-state index in [0.717, 1.165) is 31.7 Å². The molecular weight excluding hydrogens is 342 g/mol. The third-order valence-electron chi connectivity index (χ3n) is 4.03. The summed E-state index contributed by atoms with van der Waals surface area (Å²) >= 11 is 0. The summed E-state index contributed by atoms with van der Waals surface area (Å²) in [7, 11) is -3.37. The lowest BCUT2D eigenvalue weighted by atomic mass is 10.1. The van der Waals surface area contributed by atoms with Crippen LogP contribution in [0.3, 0.4) is 0 Å². The van der Waals surface area contributed by atoms with E-state index in [4.69, 9.17) is 4.42 Å². The third-order valence-corrected chi connectivity index (χ3v) is 4.64. The van der Waals surface area contributed by atoms with Gasteiger partial charge in [0.15, 0.2) is 0 Å². The molecule has 7 nitrogen and oxygen atoms in total. The van der Waals surface area contributed by atoms with Crippen molar-refractivity contribution in [3.8, 4) is 0 Å². The van der Waals surface area contributed by atoms with E-state index in [1.54, 1.807) is 35.4 Å². The maximum atomic E-state index is 12.7. The quantitative estimate of drug-likeness (QED) is 0.873. The van der Waals surface area contributed by atoms with E-state index in [1.165, 1.54) is 0 Å². The fourth-order valence-electron chi connectivity index (χ4n) is 2.84. The Kier molecular flexibility index (Phi) is 5.10. The zero-order chi connectivity index (χ0) is 17.9. The maximum Gasteiger partial charge on any atom is 0.254 e. The molecule has 2 aromatic rings. The molecule has 1 N–H and O–H groups in total. The van der Waals surface area contributed by atoms with Gasteiger partial charge in [0.1, 0.15) is 5.76 Å². The fourth-order valence-corrected chi connectivity index (χ4v) is 3.40. The topological polar surface area (TPSA) is 82.9 Å². The average molecular weight is 363 g/mol. The number of benzene rings is 1. The molecule has 1 saturated heterocycles. The molecule has 1 aromatic heterocycles. The molecule has 1 aromatic carbocycles. The Labute approximate surface area is 147 Å². The van der Waals surface area contributed by atoms with Crippen LogP contribution in [0.4, 0.5) is 5.69 Å². The molecule has 0 bridgehead atoms. The van der Waals surface area contributed by atoms with E-state index in [-0.39, 0.29) is 5.91 Å². The molecule has 0 unspecified atom stereocenters. The van der Waals surface area contributed by atoms with Gasteiger partial charge in [0, 0.05) is 37.4 Å². The smallest absolute Gasteiger partial charge is 0.254 e. The molecule has 0 radical (unpaired) electrons. The highest BCUT2D eigenvalue weighted by molar-refractivity contribution is 7.92. The van der Waals surface area contributed by atoms with Crippen LogP contribution >= 0.6 is 0 Å². The van der Waals surface area contributed by atoms with Crippen LogP contribution in [0.1, 0.15) is 16.1 Å². The molecule has 8 heteroatoms. The van der Waals surface area contributed by atoms with Gasteiger partial charge in [-0.15, -0.1) is 0 Å². The molecule has 3 rings (SSSR count). The molecule has 25 heavy (non-hydrogen) atoms. The average Bonchev–Trinajstić information content (AvgIpc) is 3.06. The minimum atomic E-state index is -3.37. The normalized spacial score (nSPS) is 16.0. The van der Waals surface area contributed by atoms with Crippen molar-refractivity contribution in [3.63, 3.8) is 0 Å². The Morgan fingerprint density at radius 2 is 1.92 bits per heavy atom. The number of nitrogens with one attached hydrogen (secondary N) is 1. The number of nitrogens with zero attached hydrogens (tertiary/aromatic N) is 2. The van der Waals surface area contributed by atoms with Gasteiger partial charge in [-0.25, -0.2) is 8.42 Å². The van der Waals surface area contributed by atoms with Crippen molar-refractivity contribution < 1.29 is 17.6 Å². The first-order valence-corrected chi connectivity index (χ1v) is 9.92. The van der Waals surface area contributed by atoms with Gasteiger partial charge in [0.05, 0.1) is 19.1 Å². The molecule has 0 spiro atoms. The number of hydrogen-bond donors (Lipinski definition) is 1. The molecule has 1 amide bonds. The zero-order valence-electron chi connectivity index (χ0n) is 14.0. The van der Waals surface area contributed by atoms with Crippen LogP contribution in [-0.4, -0.2) is 56.6 Å². The predicted octanol–water partition coefficient (Wildman–Crippen LogP) is 1.61. The first kappa shape index (κ1) is 17.5. The Hall–Kier alpha value is -2.32. The van der Waals surface area contributed by atoms with Crippen LogP contribution in [0, 0.1) is 0 Å². The van der Waals surface area contributed by atoms with Gasteiger partial charge in [0.25, 0.3) is 5.91 Å².